The molecule has 1 aromatic rings. The van der Waals surface area contributed by atoms with E-state index in [1.54, 1.807) is 0 Å². The summed E-state index contributed by atoms with van der Waals surface area (Å²) in [5.41, 5.74) is 1.11. The van der Waals surface area contributed by atoms with Gasteiger partial charge in [0.1, 0.15) is 6.10 Å². The van der Waals surface area contributed by atoms with Gasteiger partial charge in [-0.05, 0) is 31.2 Å². The van der Waals surface area contributed by atoms with Gasteiger partial charge in [-0.15, -0.1) is 0 Å². The predicted octanol–water partition coefficient (Wildman–Crippen LogP) is 2.32. The van der Waals surface area contributed by atoms with Gasteiger partial charge in [0.15, 0.2) is 6.10 Å². The topological polar surface area (TPSA) is 66.8 Å². The summed E-state index contributed by atoms with van der Waals surface area (Å²) in [6.07, 6.45) is 5.43. The number of aliphatic carboxylic acids is 1. The third kappa shape index (κ3) is 3.62. The number of rotatable bonds is 4. The summed E-state index contributed by atoms with van der Waals surface area (Å²) in [5.74, 6) is -1.06. The molecule has 3 atom stereocenters. The third-order valence-corrected chi connectivity index (χ3v) is 4.46. The van der Waals surface area contributed by atoms with E-state index in [9.17, 15) is 9.59 Å². The van der Waals surface area contributed by atoms with Crippen molar-refractivity contribution in [2.75, 3.05) is 6.54 Å². The van der Waals surface area contributed by atoms with E-state index in [1.165, 1.54) is 0 Å². The van der Waals surface area contributed by atoms with Crippen LogP contribution in [0.25, 0.3) is 6.08 Å². The maximum atomic E-state index is 12.6. The lowest BCUT2D eigenvalue weighted by atomic mass is 10.1. The van der Waals surface area contributed by atoms with Crippen LogP contribution in [0.15, 0.2) is 36.4 Å². The van der Waals surface area contributed by atoms with Gasteiger partial charge in [0.25, 0.3) is 5.91 Å². The molecule has 23 heavy (non-hydrogen) atoms. The van der Waals surface area contributed by atoms with Crippen molar-refractivity contribution >= 4 is 18.0 Å². The van der Waals surface area contributed by atoms with E-state index in [4.69, 9.17) is 9.84 Å². The van der Waals surface area contributed by atoms with Gasteiger partial charge >= 0.3 is 5.97 Å². The van der Waals surface area contributed by atoms with Crippen LogP contribution in [0.3, 0.4) is 0 Å². The smallest absolute Gasteiger partial charge is 0.332 e. The van der Waals surface area contributed by atoms with Crippen molar-refractivity contribution in [3.63, 3.8) is 0 Å². The summed E-state index contributed by atoms with van der Waals surface area (Å²) in [7, 11) is 0. The second-order valence-corrected chi connectivity index (χ2v) is 6.04. The van der Waals surface area contributed by atoms with E-state index in [0.29, 0.717) is 19.4 Å². The fourth-order valence-electron chi connectivity index (χ4n) is 3.24. The van der Waals surface area contributed by atoms with Crippen LogP contribution in [0.2, 0.25) is 0 Å². The van der Waals surface area contributed by atoms with E-state index in [2.05, 4.69) is 6.08 Å². The molecule has 0 radical (unpaired) electrons. The largest absolute Gasteiger partial charge is 0.479 e. The van der Waals surface area contributed by atoms with Crippen molar-refractivity contribution in [1.82, 2.24) is 4.90 Å². The Hall–Kier alpha value is -2.14. The molecule has 5 heteroatoms. The Labute approximate surface area is 135 Å². The molecule has 2 fully saturated rings. The highest BCUT2D eigenvalue weighted by molar-refractivity contribution is 5.83. The van der Waals surface area contributed by atoms with Crippen molar-refractivity contribution in [1.29, 1.82) is 0 Å². The van der Waals surface area contributed by atoms with Gasteiger partial charge in [0.2, 0.25) is 0 Å². The van der Waals surface area contributed by atoms with Crippen molar-refractivity contribution in [3.8, 4) is 0 Å². The predicted molar refractivity (Wildman–Crippen MR) is 85.7 cm³/mol. The first-order valence-corrected chi connectivity index (χ1v) is 8.07. The molecule has 1 aromatic carbocycles. The van der Waals surface area contributed by atoms with Crippen LogP contribution in [0.5, 0.6) is 0 Å². The summed E-state index contributed by atoms with van der Waals surface area (Å²) < 4.78 is 5.39. The average Bonchev–Trinajstić information content (AvgIpc) is 3.22. The van der Waals surface area contributed by atoms with E-state index in [0.717, 1.165) is 18.4 Å². The van der Waals surface area contributed by atoms with Gasteiger partial charge in [-0.3, -0.25) is 4.79 Å². The fraction of sp³-hybridized carbons (Fsp3) is 0.444. The molecule has 3 rings (SSSR count). The van der Waals surface area contributed by atoms with E-state index in [-0.39, 0.29) is 11.9 Å². The Morgan fingerprint density at radius 3 is 2.57 bits per heavy atom. The standard InChI is InChI=1S/C18H21NO4/c20-17(15-10-11-16(23-15)18(21)22)19-12-4-7-14(19)9-8-13-5-2-1-3-6-13/h1-3,5-6,8-9,14-16H,4,7,10-12H2,(H,21,22)/b9-8+/t14?,15-,16+/m0/s1. The molecule has 0 bridgehead atoms. The average molecular weight is 315 g/mol. The number of nitrogens with zero attached hydrogens (tertiary/aromatic N) is 1. The Balaban J connectivity index is 1.63. The van der Waals surface area contributed by atoms with Gasteiger partial charge in [-0.1, -0.05) is 42.5 Å². The minimum Gasteiger partial charge on any atom is -0.479 e. The van der Waals surface area contributed by atoms with Crippen molar-refractivity contribution in [2.45, 2.75) is 43.9 Å². The summed E-state index contributed by atoms with van der Waals surface area (Å²) in [4.78, 5) is 25.4. The van der Waals surface area contributed by atoms with Crippen LogP contribution < -0.4 is 0 Å². The number of carboxylic acids is 1. The van der Waals surface area contributed by atoms with Crippen molar-refractivity contribution in [3.05, 3.63) is 42.0 Å². The van der Waals surface area contributed by atoms with E-state index < -0.39 is 18.2 Å². The lowest BCUT2D eigenvalue weighted by molar-refractivity contribution is -0.154. The summed E-state index contributed by atoms with van der Waals surface area (Å²) in [5, 5.41) is 8.98. The highest BCUT2D eigenvalue weighted by Crippen LogP contribution is 2.26. The number of hydrogen-bond donors (Lipinski definition) is 1. The Morgan fingerprint density at radius 2 is 1.87 bits per heavy atom. The van der Waals surface area contributed by atoms with E-state index >= 15 is 0 Å². The molecule has 0 spiro atoms. The number of amides is 1. The molecule has 0 saturated carbocycles. The maximum Gasteiger partial charge on any atom is 0.332 e. The maximum absolute atomic E-state index is 12.6. The summed E-state index contributed by atoms with van der Waals surface area (Å²) in [6.45, 7) is 0.709. The van der Waals surface area contributed by atoms with Crippen LogP contribution in [0.4, 0.5) is 0 Å². The lowest BCUT2D eigenvalue weighted by Crippen LogP contribution is -2.41. The Bertz CT molecular complexity index is 598. The second kappa shape index (κ2) is 6.96. The highest BCUT2D eigenvalue weighted by Gasteiger charge is 2.39. The molecule has 2 aliphatic heterocycles. The molecule has 5 nitrogen and oxygen atoms in total. The van der Waals surface area contributed by atoms with Crippen LogP contribution in [-0.4, -0.2) is 46.7 Å². The van der Waals surface area contributed by atoms with Crippen LogP contribution in [0.1, 0.15) is 31.2 Å². The molecule has 1 unspecified atom stereocenters. The normalized spacial score (nSPS) is 27.7. The quantitative estimate of drug-likeness (QED) is 0.926. The van der Waals surface area contributed by atoms with Crippen LogP contribution in [-0.2, 0) is 14.3 Å². The van der Waals surface area contributed by atoms with Gasteiger partial charge in [0, 0.05) is 6.54 Å². The third-order valence-electron chi connectivity index (χ3n) is 4.46. The molecule has 1 amide bonds. The summed E-state index contributed by atoms with van der Waals surface area (Å²) in [6, 6.07) is 10.0. The summed E-state index contributed by atoms with van der Waals surface area (Å²) >= 11 is 0. The molecule has 2 aliphatic rings. The van der Waals surface area contributed by atoms with Gasteiger partial charge in [0.05, 0.1) is 6.04 Å². The first-order valence-electron chi connectivity index (χ1n) is 8.07. The first kappa shape index (κ1) is 15.7. The van der Waals surface area contributed by atoms with Gasteiger partial charge < -0.3 is 14.7 Å². The van der Waals surface area contributed by atoms with Crippen LogP contribution >= 0.6 is 0 Å². The fourth-order valence-corrected chi connectivity index (χ4v) is 3.24. The van der Waals surface area contributed by atoms with Crippen molar-refractivity contribution < 1.29 is 19.4 Å². The SMILES string of the molecule is O=C(O)[C@H]1CC[C@@H](C(=O)N2CCCC2/C=C/c2ccccc2)O1. The number of hydrogen-bond acceptors (Lipinski definition) is 3. The van der Waals surface area contributed by atoms with Crippen LogP contribution in [0, 0.1) is 0 Å². The van der Waals surface area contributed by atoms with Gasteiger partial charge in [-0.2, -0.15) is 0 Å². The zero-order valence-electron chi connectivity index (χ0n) is 12.9. The zero-order chi connectivity index (χ0) is 16.2. The van der Waals surface area contributed by atoms with Crippen molar-refractivity contribution in [2.24, 2.45) is 0 Å². The second-order valence-electron chi connectivity index (χ2n) is 6.04. The number of carbonyl (C=O) groups is 2. The molecule has 1 N–H and O–H groups in total. The molecular formula is C18H21NO4. The Morgan fingerprint density at radius 1 is 1.13 bits per heavy atom. The molecule has 0 aliphatic carbocycles. The molecule has 2 saturated heterocycles. The zero-order valence-corrected chi connectivity index (χ0v) is 12.9. The minimum atomic E-state index is -0.984. The molecular weight excluding hydrogens is 294 g/mol. The number of carboxylic acid groups (broad SMARTS) is 1. The van der Waals surface area contributed by atoms with E-state index in [1.807, 2.05) is 41.3 Å². The molecule has 2 heterocycles. The number of ether oxygens (including phenoxy) is 1. The lowest BCUT2D eigenvalue weighted by Gasteiger charge is -2.25. The Kier molecular flexibility index (Phi) is 4.76. The first-order chi connectivity index (χ1) is 11.1. The molecule has 122 valence electrons. The molecule has 0 aromatic heterocycles. The minimum absolute atomic E-state index is 0.0650. The highest BCUT2D eigenvalue weighted by atomic mass is 16.5. The number of benzene rings is 1. The van der Waals surface area contributed by atoms with Gasteiger partial charge in [-0.25, -0.2) is 4.79 Å². The number of likely N-dealkylation sites (tertiary alicyclic amines) is 1. The monoisotopic (exact) mass is 315 g/mol. The number of carbonyl (C=O) groups excluding carboxylic acids is 1.